The van der Waals surface area contributed by atoms with Crippen molar-refractivity contribution in [1.29, 1.82) is 0 Å². The van der Waals surface area contributed by atoms with E-state index < -0.39 is 11.6 Å². The van der Waals surface area contributed by atoms with E-state index >= 15 is 0 Å². The summed E-state index contributed by atoms with van der Waals surface area (Å²) in [5.41, 5.74) is 0.0132. The van der Waals surface area contributed by atoms with Gasteiger partial charge in [-0.05, 0) is 37.4 Å². The van der Waals surface area contributed by atoms with Crippen molar-refractivity contribution < 1.29 is 13.6 Å². The predicted molar refractivity (Wildman–Crippen MR) is 71.5 cm³/mol. The van der Waals surface area contributed by atoms with Gasteiger partial charge in [0.1, 0.15) is 11.6 Å². The van der Waals surface area contributed by atoms with Crippen LogP contribution in [0.25, 0.3) is 0 Å². The number of carbonyl (C=O) groups excluding carboxylic acids is 1. The first kappa shape index (κ1) is 13.3. The first-order valence-corrected chi connectivity index (χ1v) is 6.88. The van der Waals surface area contributed by atoms with Crippen LogP contribution in [0, 0.1) is 17.6 Å². The molecule has 0 radical (unpaired) electrons. The Kier molecular flexibility index (Phi) is 3.56. The minimum Gasteiger partial charge on any atom is -0.323 e. The Labute approximate surface area is 116 Å². The lowest BCUT2D eigenvalue weighted by Crippen LogP contribution is -2.41. The number of amides is 2. The largest absolute Gasteiger partial charge is 0.323 e. The van der Waals surface area contributed by atoms with Gasteiger partial charge in [-0.3, -0.25) is 0 Å². The summed E-state index contributed by atoms with van der Waals surface area (Å²) < 4.78 is 26.3. The van der Waals surface area contributed by atoms with Gasteiger partial charge in [0.15, 0.2) is 0 Å². The van der Waals surface area contributed by atoms with Crippen LogP contribution >= 0.6 is 0 Å². The van der Waals surface area contributed by atoms with Crippen LogP contribution in [-0.2, 0) is 0 Å². The van der Waals surface area contributed by atoms with Crippen LogP contribution in [-0.4, -0.2) is 36.6 Å². The minimum atomic E-state index is -0.756. The Balaban J connectivity index is 1.65. The lowest BCUT2D eigenvalue weighted by atomic mass is 9.94. The Hall–Kier alpha value is -1.69. The molecule has 0 aliphatic carbocycles. The molecule has 3 rings (SSSR count). The fourth-order valence-electron chi connectivity index (χ4n) is 3.00. The Morgan fingerprint density at radius 1 is 1.35 bits per heavy atom. The van der Waals surface area contributed by atoms with Crippen molar-refractivity contribution in [3.05, 3.63) is 29.8 Å². The molecule has 2 atom stereocenters. The molecular weight excluding hydrogens is 264 g/mol. The van der Waals surface area contributed by atoms with Crippen molar-refractivity contribution in [3.63, 3.8) is 0 Å². The number of nitrogens with zero attached hydrogens (tertiary/aromatic N) is 1. The second-order valence-corrected chi connectivity index (χ2v) is 5.42. The zero-order chi connectivity index (χ0) is 14.1. The maximum Gasteiger partial charge on any atom is 0.321 e. The fraction of sp³-hybridized carbons (Fsp3) is 0.500. The third-order valence-corrected chi connectivity index (χ3v) is 4.06. The highest BCUT2D eigenvalue weighted by atomic mass is 19.1. The second kappa shape index (κ2) is 5.36. The topological polar surface area (TPSA) is 44.4 Å². The number of benzene rings is 1. The van der Waals surface area contributed by atoms with E-state index in [0.29, 0.717) is 25.0 Å². The molecule has 0 aromatic heterocycles. The van der Waals surface area contributed by atoms with Gasteiger partial charge >= 0.3 is 6.03 Å². The molecule has 2 amide bonds. The number of rotatable bonds is 1. The van der Waals surface area contributed by atoms with Crippen LogP contribution in [0.15, 0.2) is 18.2 Å². The van der Waals surface area contributed by atoms with Gasteiger partial charge in [0, 0.05) is 25.2 Å². The monoisotopic (exact) mass is 281 g/mol. The van der Waals surface area contributed by atoms with Crippen molar-refractivity contribution in [3.8, 4) is 0 Å². The molecule has 2 N–H and O–H groups in total. The molecule has 1 aromatic carbocycles. The number of halogens is 2. The van der Waals surface area contributed by atoms with E-state index in [1.807, 2.05) is 0 Å². The standard InChI is InChI=1S/C14H17F2N3O/c15-10-3-4-12(11(16)6-10)18-14(20)19-7-9-2-1-5-17-13(9)8-19/h3-4,6,9,13,17H,1-2,5,7-8H2,(H,18,20). The van der Waals surface area contributed by atoms with E-state index in [0.717, 1.165) is 31.5 Å². The van der Waals surface area contributed by atoms with Crippen molar-refractivity contribution in [2.75, 3.05) is 25.0 Å². The second-order valence-electron chi connectivity index (χ2n) is 5.42. The number of urea groups is 1. The number of carbonyl (C=O) groups is 1. The van der Waals surface area contributed by atoms with E-state index in [2.05, 4.69) is 10.6 Å². The highest BCUT2D eigenvalue weighted by molar-refractivity contribution is 5.89. The highest BCUT2D eigenvalue weighted by Crippen LogP contribution is 2.25. The highest BCUT2D eigenvalue weighted by Gasteiger charge is 2.36. The van der Waals surface area contributed by atoms with Crippen LogP contribution in [0.5, 0.6) is 0 Å². The lowest BCUT2D eigenvalue weighted by molar-refractivity contribution is 0.220. The summed E-state index contributed by atoms with van der Waals surface area (Å²) in [6.07, 6.45) is 2.25. The van der Waals surface area contributed by atoms with E-state index in [1.165, 1.54) is 6.07 Å². The average Bonchev–Trinajstić information content (AvgIpc) is 2.86. The number of nitrogens with one attached hydrogen (secondary N) is 2. The average molecular weight is 281 g/mol. The quantitative estimate of drug-likeness (QED) is 0.828. The summed E-state index contributed by atoms with van der Waals surface area (Å²) in [5, 5.41) is 5.91. The first-order chi connectivity index (χ1) is 9.63. The van der Waals surface area contributed by atoms with Gasteiger partial charge in [0.2, 0.25) is 0 Å². The van der Waals surface area contributed by atoms with E-state index in [4.69, 9.17) is 0 Å². The molecule has 6 heteroatoms. The predicted octanol–water partition coefficient (Wildman–Crippen LogP) is 2.18. The molecule has 2 unspecified atom stereocenters. The summed E-state index contributed by atoms with van der Waals surface area (Å²) in [4.78, 5) is 13.8. The van der Waals surface area contributed by atoms with Gasteiger partial charge in [-0.2, -0.15) is 0 Å². The number of piperidine rings is 1. The zero-order valence-corrected chi connectivity index (χ0v) is 11.0. The SMILES string of the molecule is O=C(Nc1ccc(F)cc1F)N1CC2CCCNC2C1. The summed E-state index contributed by atoms with van der Waals surface area (Å²) in [6.45, 7) is 2.31. The van der Waals surface area contributed by atoms with Crippen LogP contribution < -0.4 is 10.6 Å². The van der Waals surface area contributed by atoms with Gasteiger partial charge in [-0.25, -0.2) is 13.6 Å². The molecule has 2 fully saturated rings. The molecule has 2 saturated heterocycles. The molecule has 1 aromatic rings. The third-order valence-electron chi connectivity index (χ3n) is 4.06. The van der Waals surface area contributed by atoms with E-state index in [1.54, 1.807) is 4.90 Å². The Morgan fingerprint density at radius 3 is 2.95 bits per heavy atom. The summed E-state index contributed by atoms with van der Waals surface area (Å²) >= 11 is 0. The number of fused-ring (bicyclic) bond motifs is 1. The fourth-order valence-corrected chi connectivity index (χ4v) is 3.00. The molecule has 0 saturated carbocycles. The Morgan fingerprint density at radius 2 is 2.20 bits per heavy atom. The molecule has 20 heavy (non-hydrogen) atoms. The number of anilines is 1. The van der Waals surface area contributed by atoms with Gasteiger partial charge in [0.05, 0.1) is 5.69 Å². The van der Waals surface area contributed by atoms with Crippen molar-refractivity contribution in [1.82, 2.24) is 10.2 Å². The van der Waals surface area contributed by atoms with Crippen molar-refractivity contribution in [2.24, 2.45) is 5.92 Å². The maximum absolute atomic E-state index is 13.5. The van der Waals surface area contributed by atoms with Gasteiger partial charge in [-0.15, -0.1) is 0 Å². The van der Waals surface area contributed by atoms with Gasteiger partial charge in [-0.1, -0.05) is 0 Å². The summed E-state index contributed by atoms with van der Waals surface area (Å²) in [7, 11) is 0. The lowest BCUT2D eigenvalue weighted by Gasteiger charge is -2.24. The van der Waals surface area contributed by atoms with Crippen LogP contribution in [0.1, 0.15) is 12.8 Å². The number of likely N-dealkylation sites (tertiary alicyclic amines) is 1. The van der Waals surface area contributed by atoms with Crippen LogP contribution in [0.2, 0.25) is 0 Å². The van der Waals surface area contributed by atoms with Crippen molar-refractivity contribution in [2.45, 2.75) is 18.9 Å². The summed E-state index contributed by atoms with van der Waals surface area (Å²) in [5.74, 6) is -0.933. The number of hydrogen-bond acceptors (Lipinski definition) is 2. The molecular formula is C14H17F2N3O. The maximum atomic E-state index is 13.5. The first-order valence-electron chi connectivity index (χ1n) is 6.88. The van der Waals surface area contributed by atoms with Crippen LogP contribution in [0.4, 0.5) is 19.3 Å². The van der Waals surface area contributed by atoms with Gasteiger partial charge < -0.3 is 15.5 Å². The summed E-state index contributed by atoms with van der Waals surface area (Å²) in [6, 6.07) is 3.15. The molecule has 0 bridgehead atoms. The van der Waals surface area contributed by atoms with Gasteiger partial charge in [0.25, 0.3) is 0 Å². The Bertz CT molecular complexity index is 509. The third kappa shape index (κ3) is 2.60. The molecule has 2 heterocycles. The van der Waals surface area contributed by atoms with Crippen LogP contribution in [0.3, 0.4) is 0 Å². The molecule has 4 nitrogen and oxygen atoms in total. The molecule has 2 aliphatic rings. The molecule has 0 spiro atoms. The molecule has 2 aliphatic heterocycles. The van der Waals surface area contributed by atoms with Crippen molar-refractivity contribution >= 4 is 11.7 Å². The number of hydrogen-bond donors (Lipinski definition) is 2. The van der Waals surface area contributed by atoms with E-state index in [9.17, 15) is 13.6 Å². The zero-order valence-electron chi connectivity index (χ0n) is 11.0. The normalized spacial score (nSPS) is 25.4. The molecule has 108 valence electrons. The smallest absolute Gasteiger partial charge is 0.321 e. The van der Waals surface area contributed by atoms with E-state index in [-0.39, 0.29) is 11.7 Å². The minimum absolute atomic E-state index is 0.0132.